The molecule has 1 aromatic carbocycles. The Balaban J connectivity index is 1.15. The van der Waals surface area contributed by atoms with Crippen LogP contribution in [0.3, 0.4) is 0 Å². The minimum absolute atomic E-state index is 0.206. The van der Waals surface area contributed by atoms with E-state index >= 15 is 0 Å². The van der Waals surface area contributed by atoms with Gasteiger partial charge in [0, 0.05) is 34.1 Å². The van der Waals surface area contributed by atoms with E-state index in [9.17, 15) is 0 Å². The van der Waals surface area contributed by atoms with Crippen molar-refractivity contribution >= 4 is 11.5 Å². The van der Waals surface area contributed by atoms with Crippen LogP contribution in [0.4, 0.5) is 5.95 Å². The molecule has 242 valence electrons. The lowest BCUT2D eigenvalue weighted by molar-refractivity contribution is 0.486. The number of anilines is 1. The highest BCUT2D eigenvalue weighted by Gasteiger charge is 2.50. The van der Waals surface area contributed by atoms with Crippen molar-refractivity contribution in [1.29, 1.82) is 0 Å². The number of hydrogen-bond acceptors (Lipinski definition) is 4. The van der Waals surface area contributed by atoms with Gasteiger partial charge in [-0.25, -0.2) is 4.98 Å². The topological polar surface area (TPSA) is 41.9 Å². The fraction of sp³-hybridized carbons (Fsp3) is 0.386. The molecule has 8 unspecified atom stereocenters. The first kappa shape index (κ1) is 29.8. The summed E-state index contributed by atoms with van der Waals surface area (Å²) in [5.41, 5.74) is 7.60. The molecule has 0 amide bonds. The monoisotopic (exact) mass is 630 g/mol. The standard InChI is InChI=1S/C44H46N4/c1-28-8-7-9-33(24-28)36-18-14-34(26-30(36)3)41-45-40(32-12-15-35(16-13-32)44-22-19-31(27-44)20-23-44)46-42(47-41)48-39-25-29(2)11-17-37(39)38-10-5-6-21-43(38,48)4/h5-7,9-19,21-22,24,26,28-31,36,38H,8,20,23,25,27H2,1-4H3. The Kier molecular flexibility index (Phi) is 6.90. The van der Waals surface area contributed by atoms with Crippen LogP contribution in [0.1, 0.15) is 71.2 Å². The third-order valence-electron chi connectivity index (χ3n) is 12.3. The first-order chi connectivity index (χ1) is 23.3. The van der Waals surface area contributed by atoms with Gasteiger partial charge in [0.05, 0.1) is 5.54 Å². The van der Waals surface area contributed by atoms with Gasteiger partial charge >= 0.3 is 0 Å². The molecule has 0 radical (unpaired) electrons. The number of nitrogens with zero attached hydrogens (tertiary/aromatic N) is 4. The van der Waals surface area contributed by atoms with Gasteiger partial charge in [0.25, 0.3) is 0 Å². The van der Waals surface area contributed by atoms with E-state index in [0.29, 0.717) is 23.7 Å². The van der Waals surface area contributed by atoms with E-state index in [0.717, 1.165) is 47.5 Å². The van der Waals surface area contributed by atoms with Crippen LogP contribution in [-0.4, -0.2) is 20.5 Å². The second-order valence-electron chi connectivity index (χ2n) is 15.8. The van der Waals surface area contributed by atoms with E-state index in [1.807, 2.05) is 0 Å². The summed E-state index contributed by atoms with van der Waals surface area (Å²) >= 11 is 0. The molecule has 0 saturated heterocycles. The average molecular weight is 631 g/mol. The fourth-order valence-electron chi connectivity index (χ4n) is 9.61. The number of allylic oxidation sites excluding steroid dienone is 15. The van der Waals surface area contributed by atoms with Gasteiger partial charge in [0.1, 0.15) is 0 Å². The highest BCUT2D eigenvalue weighted by molar-refractivity contribution is 5.74. The highest BCUT2D eigenvalue weighted by atomic mass is 15.3. The third kappa shape index (κ3) is 4.74. The minimum atomic E-state index is -0.286. The van der Waals surface area contributed by atoms with Crippen LogP contribution >= 0.6 is 0 Å². The van der Waals surface area contributed by atoms with Crippen LogP contribution in [0.25, 0.3) is 17.0 Å². The lowest BCUT2D eigenvalue weighted by atomic mass is 9.79. The summed E-state index contributed by atoms with van der Waals surface area (Å²) in [6, 6.07) is 9.14. The zero-order chi connectivity index (χ0) is 32.6. The first-order valence-electron chi connectivity index (χ1n) is 18.2. The first-order valence-corrected chi connectivity index (χ1v) is 18.2. The lowest BCUT2D eigenvalue weighted by Crippen LogP contribution is -2.46. The average Bonchev–Trinajstić information content (AvgIpc) is 3.79. The van der Waals surface area contributed by atoms with Gasteiger partial charge in [-0.05, 0) is 79.4 Å². The molecular formula is C44H46N4. The Morgan fingerprint density at radius 3 is 2.42 bits per heavy atom. The Labute approximate surface area is 285 Å². The van der Waals surface area contributed by atoms with E-state index in [4.69, 9.17) is 15.0 Å². The van der Waals surface area contributed by atoms with Gasteiger partial charge in [-0.15, -0.1) is 0 Å². The summed E-state index contributed by atoms with van der Waals surface area (Å²) in [5.74, 6) is 4.98. The molecule has 9 rings (SSSR count). The molecule has 2 heterocycles. The van der Waals surface area contributed by atoms with E-state index in [2.05, 4.69) is 142 Å². The van der Waals surface area contributed by atoms with Gasteiger partial charge in [-0.1, -0.05) is 130 Å². The highest BCUT2D eigenvalue weighted by Crippen LogP contribution is 2.52. The van der Waals surface area contributed by atoms with Crippen LogP contribution < -0.4 is 4.90 Å². The Bertz CT molecular complexity index is 1950. The van der Waals surface area contributed by atoms with Crippen LogP contribution in [-0.2, 0) is 5.41 Å². The maximum atomic E-state index is 5.34. The molecule has 1 aromatic heterocycles. The van der Waals surface area contributed by atoms with Crippen LogP contribution in [0, 0.1) is 35.5 Å². The number of fused-ring (bicyclic) bond motifs is 4. The molecule has 8 atom stereocenters. The largest absolute Gasteiger partial charge is 0.304 e. The van der Waals surface area contributed by atoms with Gasteiger partial charge < -0.3 is 4.90 Å². The van der Waals surface area contributed by atoms with E-state index in [-0.39, 0.29) is 16.9 Å². The SMILES string of the molecule is CC1C=C(C2C=CC(c3nc(-c4ccc(C56C=CC(CC5)C6)cc4)nc(N4C5=C(C=CC(C)C5)C5C=CC=CC54C)n3)=CC2C)C=CC1. The van der Waals surface area contributed by atoms with E-state index in [1.165, 1.54) is 41.7 Å². The molecule has 4 nitrogen and oxygen atoms in total. The van der Waals surface area contributed by atoms with E-state index in [1.54, 1.807) is 0 Å². The number of rotatable bonds is 5. The van der Waals surface area contributed by atoms with Crippen LogP contribution in [0.2, 0.25) is 0 Å². The fourth-order valence-corrected chi connectivity index (χ4v) is 9.61. The number of hydrogen-bond donors (Lipinski definition) is 0. The van der Waals surface area contributed by atoms with Gasteiger partial charge in [-0.3, -0.25) is 0 Å². The van der Waals surface area contributed by atoms with Crippen molar-refractivity contribution in [2.45, 2.75) is 70.8 Å². The van der Waals surface area contributed by atoms with Gasteiger partial charge in [0.2, 0.25) is 5.95 Å². The molecule has 7 aliphatic rings. The molecule has 1 saturated carbocycles. The van der Waals surface area contributed by atoms with Crippen LogP contribution in [0.5, 0.6) is 0 Å². The second-order valence-corrected chi connectivity index (χ2v) is 15.8. The number of benzene rings is 1. The third-order valence-corrected chi connectivity index (χ3v) is 12.3. The van der Waals surface area contributed by atoms with Crippen molar-refractivity contribution in [2.75, 3.05) is 4.90 Å². The lowest BCUT2D eigenvalue weighted by Gasteiger charge is -2.39. The molecule has 2 bridgehead atoms. The van der Waals surface area contributed by atoms with Crippen molar-refractivity contribution in [1.82, 2.24) is 15.0 Å². The summed E-state index contributed by atoms with van der Waals surface area (Å²) in [5, 5.41) is 0. The predicted octanol–water partition coefficient (Wildman–Crippen LogP) is 10.0. The predicted molar refractivity (Wildman–Crippen MR) is 197 cm³/mol. The maximum absolute atomic E-state index is 5.34. The minimum Gasteiger partial charge on any atom is -0.304 e. The summed E-state index contributed by atoms with van der Waals surface area (Å²) in [7, 11) is 0. The molecule has 0 N–H and O–H groups in total. The molecule has 4 heteroatoms. The Morgan fingerprint density at radius 1 is 0.812 bits per heavy atom. The molecule has 2 aromatic rings. The van der Waals surface area contributed by atoms with Crippen molar-refractivity contribution in [2.24, 2.45) is 35.5 Å². The Morgan fingerprint density at radius 2 is 1.67 bits per heavy atom. The summed E-state index contributed by atoms with van der Waals surface area (Å²) < 4.78 is 0. The molecule has 1 aliphatic heterocycles. The summed E-state index contributed by atoms with van der Waals surface area (Å²) in [6.45, 7) is 9.28. The summed E-state index contributed by atoms with van der Waals surface area (Å²) in [6.07, 6.45) is 38.7. The quantitative estimate of drug-likeness (QED) is 0.308. The molecule has 48 heavy (non-hydrogen) atoms. The van der Waals surface area contributed by atoms with Crippen molar-refractivity contribution in [3.05, 3.63) is 138 Å². The second kappa shape index (κ2) is 11.1. The van der Waals surface area contributed by atoms with Crippen molar-refractivity contribution in [3.8, 4) is 11.4 Å². The number of aromatic nitrogens is 3. The zero-order valence-corrected chi connectivity index (χ0v) is 28.7. The molecule has 1 fully saturated rings. The maximum Gasteiger partial charge on any atom is 0.234 e. The van der Waals surface area contributed by atoms with Gasteiger partial charge in [-0.2, -0.15) is 9.97 Å². The molecule has 6 aliphatic carbocycles. The summed E-state index contributed by atoms with van der Waals surface area (Å²) in [4.78, 5) is 18.3. The van der Waals surface area contributed by atoms with Gasteiger partial charge in [0.15, 0.2) is 11.6 Å². The van der Waals surface area contributed by atoms with E-state index < -0.39 is 0 Å². The van der Waals surface area contributed by atoms with Crippen LogP contribution in [0.15, 0.2) is 126 Å². The molecule has 0 spiro atoms. The van der Waals surface area contributed by atoms with Crippen molar-refractivity contribution < 1.29 is 0 Å². The smallest absolute Gasteiger partial charge is 0.234 e. The Hall–Kier alpha value is -4.31. The van der Waals surface area contributed by atoms with Crippen molar-refractivity contribution in [3.63, 3.8) is 0 Å². The molecular weight excluding hydrogens is 585 g/mol. The normalized spacial score (nSPS) is 35.7. The zero-order valence-electron chi connectivity index (χ0n) is 28.7.